The molecule has 0 aromatic heterocycles. The molecule has 2 amide bonds. The van der Waals surface area contributed by atoms with E-state index in [2.05, 4.69) is 10.6 Å². The van der Waals surface area contributed by atoms with Gasteiger partial charge in [-0.2, -0.15) is 0 Å². The molecule has 1 saturated carbocycles. The Balaban J connectivity index is 1.64. The van der Waals surface area contributed by atoms with Crippen molar-refractivity contribution in [3.8, 4) is 5.75 Å². The standard InChI is InChI=1S/C24H26N2O4/c1-16(18-7-3-4-8-18)13-23(28)25-20-10-6-11-21(15-20)26-24(29)19-9-5-12-22(14-19)30-17(2)27/h5-6,9-15,18H,3-4,7-8H2,1-2H3,(H,25,28)(H,26,29)/b16-13+. The topological polar surface area (TPSA) is 84.5 Å². The fourth-order valence-corrected chi connectivity index (χ4v) is 3.63. The number of carbonyl (C=O) groups is 3. The molecule has 0 spiro atoms. The summed E-state index contributed by atoms with van der Waals surface area (Å²) in [4.78, 5) is 36.0. The molecule has 30 heavy (non-hydrogen) atoms. The lowest BCUT2D eigenvalue weighted by Gasteiger charge is -2.11. The number of allylic oxidation sites excluding steroid dienone is 1. The average Bonchev–Trinajstić information content (AvgIpc) is 3.23. The van der Waals surface area contributed by atoms with Crippen LogP contribution in [0.15, 0.2) is 60.2 Å². The van der Waals surface area contributed by atoms with Crippen LogP contribution in [-0.4, -0.2) is 17.8 Å². The predicted octanol–water partition coefficient (Wildman–Crippen LogP) is 4.94. The van der Waals surface area contributed by atoms with Gasteiger partial charge in [0.1, 0.15) is 5.75 Å². The monoisotopic (exact) mass is 406 g/mol. The predicted molar refractivity (Wildman–Crippen MR) is 116 cm³/mol. The van der Waals surface area contributed by atoms with Crippen LogP contribution in [0.3, 0.4) is 0 Å². The van der Waals surface area contributed by atoms with Crippen molar-refractivity contribution in [3.05, 3.63) is 65.7 Å². The van der Waals surface area contributed by atoms with Crippen molar-refractivity contribution in [1.29, 1.82) is 0 Å². The molecule has 0 aliphatic heterocycles. The molecule has 0 radical (unpaired) electrons. The van der Waals surface area contributed by atoms with E-state index in [4.69, 9.17) is 4.74 Å². The van der Waals surface area contributed by atoms with E-state index in [1.165, 1.54) is 25.8 Å². The zero-order valence-corrected chi connectivity index (χ0v) is 17.2. The number of hydrogen-bond acceptors (Lipinski definition) is 4. The molecule has 3 rings (SSSR count). The van der Waals surface area contributed by atoms with Gasteiger partial charge in [-0.3, -0.25) is 14.4 Å². The van der Waals surface area contributed by atoms with Crippen molar-refractivity contribution in [2.75, 3.05) is 10.6 Å². The molecule has 0 saturated heterocycles. The number of nitrogens with one attached hydrogen (secondary N) is 2. The molecule has 6 heteroatoms. The van der Waals surface area contributed by atoms with Gasteiger partial charge in [0.05, 0.1) is 0 Å². The van der Waals surface area contributed by atoms with E-state index in [-0.39, 0.29) is 11.8 Å². The summed E-state index contributed by atoms with van der Waals surface area (Å²) in [5.74, 6) is -0.153. The molecule has 0 bridgehead atoms. The molecular weight excluding hydrogens is 380 g/mol. The number of benzene rings is 2. The van der Waals surface area contributed by atoms with Crippen LogP contribution in [0.5, 0.6) is 5.75 Å². The van der Waals surface area contributed by atoms with Crippen molar-refractivity contribution < 1.29 is 19.1 Å². The van der Waals surface area contributed by atoms with Crippen LogP contribution in [0.25, 0.3) is 0 Å². The van der Waals surface area contributed by atoms with Crippen LogP contribution in [0.1, 0.15) is 49.9 Å². The SMILES string of the molecule is CC(=O)Oc1cccc(C(=O)Nc2cccc(NC(=O)/C=C(\C)C3CCCC3)c2)c1. The molecule has 1 fully saturated rings. The Morgan fingerprint density at radius 3 is 2.30 bits per heavy atom. The van der Waals surface area contributed by atoms with Crippen LogP contribution in [-0.2, 0) is 9.59 Å². The van der Waals surface area contributed by atoms with E-state index < -0.39 is 5.97 Å². The minimum absolute atomic E-state index is 0.169. The molecule has 0 atom stereocenters. The summed E-state index contributed by atoms with van der Waals surface area (Å²) < 4.78 is 5.01. The van der Waals surface area contributed by atoms with E-state index in [1.807, 2.05) is 6.92 Å². The van der Waals surface area contributed by atoms with E-state index >= 15 is 0 Å². The highest BCUT2D eigenvalue weighted by Gasteiger charge is 2.17. The first-order valence-electron chi connectivity index (χ1n) is 10.1. The Bertz CT molecular complexity index is 975. The number of ether oxygens (including phenoxy) is 1. The van der Waals surface area contributed by atoms with Crippen molar-refractivity contribution >= 4 is 29.2 Å². The third-order valence-electron chi connectivity index (χ3n) is 5.10. The molecule has 2 aromatic rings. The number of carbonyl (C=O) groups excluding carboxylic acids is 3. The highest BCUT2D eigenvalue weighted by molar-refractivity contribution is 6.05. The fraction of sp³-hybridized carbons (Fsp3) is 0.292. The highest BCUT2D eigenvalue weighted by atomic mass is 16.5. The van der Waals surface area contributed by atoms with E-state index in [0.717, 1.165) is 18.4 Å². The third kappa shape index (κ3) is 6.04. The first-order chi connectivity index (χ1) is 14.4. The van der Waals surface area contributed by atoms with Crippen molar-refractivity contribution in [1.82, 2.24) is 0 Å². The summed E-state index contributed by atoms with van der Waals surface area (Å²) >= 11 is 0. The summed E-state index contributed by atoms with van der Waals surface area (Å²) in [5.41, 5.74) is 2.62. The molecule has 156 valence electrons. The summed E-state index contributed by atoms with van der Waals surface area (Å²) in [6.07, 6.45) is 6.42. The van der Waals surface area contributed by atoms with E-state index in [9.17, 15) is 14.4 Å². The number of amides is 2. The van der Waals surface area contributed by atoms with Crippen LogP contribution in [0.2, 0.25) is 0 Å². The van der Waals surface area contributed by atoms with Gasteiger partial charge in [-0.05, 0) is 62.1 Å². The van der Waals surface area contributed by atoms with Crippen LogP contribution in [0, 0.1) is 5.92 Å². The van der Waals surface area contributed by atoms with Gasteiger partial charge in [0, 0.05) is 29.9 Å². The van der Waals surface area contributed by atoms with Gasteiger partial charge in [0.25, 0.3) is 5.91 Å². The molecule has 2 N–H and O–H groups in total. The van der Waals surface area contributed by atoms with Crippen LogP contribution < -0.4 is 15.4 Å². The zero-order chi connectivity index (χ0) is 21.5. The van der Waals surface area contributed by atoms with Gasteiger partial charge in [-0.1, -0.05) is 30.5 Å². The first-order valence-corrected chi connectivity index (χ1v) is 10.1. The lowest BCUT2D eigenvalue weighted by atomic mass is 9.99. The maximum absolute atomic E-state index is 12.5. The Morgan fingerprint density at radius 2 is 1.60 bits per heavy atom. The van der Waals surface area contributed by atoms with Gasteiger partial charge < -0.3 is 15.4 Å². The van der Waals surface area contributed by atoms with Crippen molar-refractivity contribution in [2.24, 2.45) is 5.92 Å². The molecule has 1 aliphatic rings. The molecule has 0 heterocycles. The third-order valence-corrected chi connectivity index (χ3v) is 5.10. The van der Waals surface area contributed by atoms with Gasteiger partial charge in [-0.15, -0.1) is 0 Å². The summed E-state index contributed by atoms with van der Waals surface area (Å²) in [6, 6.07) is 13.3. The Kier molecular flexibility index (Phi) is 7.01. The van der Waals surface area contributed by atoms with Gasteiger partial charge in [-0.25, -0.2) is 0 Å². The Hall–Kier alpha value is -3.41. The van der Waals surface area contributed by atoms with Gasteiger partial charge in [0.2, 0.25) is 5.91 Å². The summed E-state index contributed by atoms with van der Waals surface area (Å²) in [5, 5.41) is 5.65. The van der Waals surface area contributed by atoms with Crippen LogP contribution >= 0.6 is 0 Å². The minimum Gasteiger partial charge on any atom is -0.427 e. The molecule has 0 unspecified atom stereocenters. The molecular formula is C24H26N2O4. The molecule has 6 nitrogen and oxygen atoms in total. The van der Waals surface area contributed by atoms with Crippen LogP contribution in [0.4, 0.5) is 11.4 Å². The second-order valence-electron chi connectivity index (χ2n) is 7.52. The van der Waals surface area contributed by atoms with Gasteiger partial charge >= 0.3 is 5.97 Å². The van der Waals surface area contributed by atoms with Gasteiger partial charge in [0.15, 0.2) is 0 Å². The lowest BCUT2D eigenvalue weighted by molar-refractivity contribution is -0.131. The highest BCUT2D eigenvalue weighted by Crippen LogP contribution is 2.30. The minimum atomic E-state index is -0.451. The Morgan fingerprint density at radius 1 is 0.933 bits per heavy atom. The normalized spacial score (nSPS) is 14.3. The number of rotatable bonds is 6. The fourth-order valence-electron chi connectivity index (χ4n) is 3.63. The number of hydrogen-bond donors (Lipinski definition) is 2. The number of esters is 1. The largest absolute Gasteiger partial charge is 0.427 e. The smallest absolute Gasteiger partial charge is 0.308 e. The number of anilines is 2. The summed E-state index contributed by atoms with van der Waals surface area (Å²) in [7, 11) is 0. The Labute approximate surface area is 176 Å². The molecule has 2 aromatic carbocycles. The zero-order valence-electron chi connectivity index (χ0n) is 17.2. The second-order valence-corrected chi connectivity index (χ2v) is 7.52. The van der Waals surface area contributed by atoms with Crippen molar-refractivity contribution in [3.63, 3.8) is 0 Å². The van der Waals surface area contributed by atoms with E-state index in [0.29, 0.717) is 28.6 Å². The summed E-state index contributed by atoms with van der Waals surface area (Å²) in [6.45, 7) is 3.31. The maximum atomic E-state index is 12.5. The lowest BCUT2D eigenvalue weighted by Crippen LogP contribution is -2.13. The quantitative estimate of drug-likeness (QED) is 0.404. The average molecular weight is 406 g/mol. The van der Waals surface area contributed by atoms with E-state index in [1.54, 1.807) is 48.5 Å². The molecule has 1 aliphatic carbocycles. The second kappa shape index (κ2) is 9.87. The van der Waals surface area contributed by atoms with Crippen molar-refractivity contribution in [2.45, 2.75) is 39.5 Å². The maximum Gasteiger partial charge on any atom is 0.308 e. The first kappa shape index (κ1) is 21.3.